The van der Waals surface area contributed by atoms with Gasteiger partial charge in [0, 0.05) is 16.2 Å². The molecule has 0 aliphatic carbocycles. The summed E-state index contributed by atoms with van der Waals surface area (Å²) in [6.07, 6.45) is 0.803. The van der Waals surface area contributed by atoms with Crippen LogP contribution >= 0.6 is 11.8 Å². The molecule has 0 bridgehead atoms. The van der Waals surface area contributed by atoms with Crippen molar-refractivity contribution in [3.63, 3.8) is 0 Å². The Hall–Kier alpha value is -2.92. The number of carbonyl (C=O) groups excluding carboxylic acids is 1. The van der Waals surface area contributed by atoms with Gasteiger partial charge in [-0.3, -0.25) is 4.79 Å². The van der Waals surface area contributed by atoms with Gasteiger partial charge in [-0.15, -0.1) is 11.8 Å². The largest absolute Gasteiger partial charge is 0.496 e. The first-order valence-electron chi connectivity index (χ1n) is 10.5. The first kappa shape index (κ1) is 22.8. The van der Waals surface area contributed by atoms with Crippen molar-refractivity contribution in [2.24, 2.45) is 0 Å². The number of hydrogen-bond donors (Lipinski definition) is 1. The molecule has 3 aromatic rings. The summed E-state index contributed by atoms with van der Waals surface area (Å²) in [5.74, 6) is 2.39. The van der Waals surface area contributed by atoms with Crippen LogP contribution in [0.3, 0.4) is 0 Å². The fraction of sp³-hybridized carbons (Fsp3) is 0.269. The molecule has 3 rings (SSSR count). The van der Waals surface area contributed by atoms with Crippen molar-refractivity contribution < 1.29 is 14.3 Å². The first-order chi connectivity index (χ1) is 15.1. The van der Waals surface area contributed by atoms with Crippen LogP contribution in [-0.2, 0) is 0 Å². The summed E-state index contributed by atoms with van der Waals surface area (Å²) < 4.78 is 11.1. The van der Waals surface area contributed by atoms with E-state index in [1.54, 1.807) is 31.0 Å². The molecule has 0 radical (unpaired) electrons. The predicted octanol–water partition coefficient (Wildman–Crippen LogP) is 6.06. The number of hydrogen-bond acceptors (Lipinski definition) is 4. The minimum Gasteiger partial charge on any atom is -0.496 e. The number of aryl methyl sites for hydroxylation is 1. The topological polar surface area (TPSA) is 47.6 Å². The van der Waals surface area contributed by atoms with Gasteiger partial charge < -0.3 is 14.8 Å². The van der Waals surface area contributed by atoms with Crippen LogP contribution in [0.1, 0.15) is 40.9 Å². The van der Waals surface area contributed by atoms with Gasteiger partial charge in [-0.25, -0.2) is 0 Å². The van der Waals surface area contributed by atoms with Crippen LogP contribution in [0.5, 0.6) is 11.5 Å². The minimum absolute atomic E-state index is 0.0527. The third-order valence-corrected chi connectivity index (χ3v) is 5.99. The molecule has 0 fully saturated rings. The molecule has 0 aliphatic rings. The maximum absolute atomic E-state index is 12.7. The van der Waals surface area contributed by atoms with E-state index in [1.807, 2.05) is 49.4 Å². The molecule has 0 unspecified atom stereocenters. The summed E-state index contributed by atoms with van der Waals surface area (Å²) in [6.45, 7) is 4.68. The summed E-state index contributed by atoms with van der Waals surface area (Å²) >= 11 is 1.76. The number of thioether (sulfide) groups is 1. The molecule has 3 aromatic carbocycles. The van der Waals surface area contributed by atoms with Crippen LogP contribution < -0.4 is 14.8 Å². The molecule has 162 valence electrons. The lowest BCUT2D eigenvalue weighted by atomic mass is 10.0. The number of methoxy groups -OCH3 is 1. The Balaban J connectivity index is 1.52. The van der Waals surface area contributed by atoms with Crippen LogP contribution in [-0.4, -0.2) is 25.4 Å². The van der Waals surface area contributed by atoms with Crippen LogP contribution in [0.4, 0.5) is 0 Å². The highest BCUT2D eigenvalue weighted by molar-refractivity contribution is 7.99. The molecule has 0 spiro atoms. The molecule has 0 saturated heterocycles. The maximum atomic E-state index is 12.7. The standard InChI is InChI=1S/C26H29NO3S/c1-4-24(21-12-15-25(29-3)19(2)18-21)27-26(28)20-10-13-22(14-11-20)30-16-17-31-23-8-6-5-7-9-23/h5-15,18,24H,4,16-17H2,1-3H3,(H,27,28)/t24-/m1/s1. The summed E-state index contributed by atoms with van der Waals surface area (Å²) in [6, 6.07) is 23.5. The fourth-order valence-electron chi connectivity index (χ4n) is 3.32. The Labute approximate surface area is 189 Å². The number of amides is 1. The normalized spacial score (nSPS) is 11.6. The monoisotopic (exact) mass is 435 g/mol. The number of benzene rings is 3. The Morgan fingerprint density at radius 2 is 1.77 bits per heavy atom. The van der Waals surface area contributed by atoms with E-state index in [4.69, 9.17) is 9.47 Å². The summed E-state index contributed by atoms with van der Waals surface area (Å²) in [4.78, 5) is 14.0. The second-order valence-corrected chi connectivity index (χ2v) is 8.37. The van der Waals surface area contributed by atoms with Crippen LogP contribution in [0.15, 0.2) is 77.7 Å². The van der Waals surface area contributed by atoms with E-state index in [1.165, 1.54) is 4.90 Å². The molecule has 1 atom stereocenters. The molecule has 1 N–H and O–H groups in total. The molecule has 5 heteroatoms. The van der Waals surface area contributed by atoms with Gasteiger partial charge in [0.25, 0.3) is 5.91 Å². The number of rotatable bonds is 10. The highest BCUT2D eigenvalue weighted by Crippen LogP contribution is 2.25. The zero-order valence-electron chi connectivity index (χ0n) is 18.3. The van der Waals surface area contributed by atoms with E-state index in [0.717, 1.165) is 34.8 Å². The molecule has 0 aromatic heterocycles. The molecular formula is C26H29NO3S. The highest BCUT2D eigenvalue weighted by Gasteiger charge is 2.15. The Bertz CT molecular complexity index is 974. The molecule has 1 amide bonds. The molecule has 4 nitrogen and oxygen atoms in total. The average Bonchev–Trinajstić information content (AvgIpc) is 2.81. The minimum atomic E-state index is -0.0912. The van der Waals surface area contributed by atoms with Crippen LogP contribution in [0.2, 0.25) is 0 Å². The number of nitrogens with one attached hydrogen (secondary N) is 1. The second-order valence-electron chi connectivity index (χ2n) is 7.20. The van der Waals surface area contributed by atoms with Crippen molar-refractivity contribution in [1.29, 1.82) is 0 Å². The fourth-order valence-corrected chi connectivity index (χ4v) is 4.07. The molecular weight excluding hydrogens is 406 g/mol. The quantitative estimate of drug-likeness (QED) is 0.311. The van der Waals surface area contributed by atoms with Gasteiger partial charge >= 0.3 is 0 Å². The lowest BCUT2D eigenvalue weighted by molar-refractivity contribution is 0.0935. The maximum Gasteiger partial charge on any atom is 0.251 e. The van der Waals surface area contributed by atoms with Crippen LogP contribution in [0, 0.1) is 6.92 Å². The zero-order valence-corrected chi connectivity index (χ0v) is 19.1. The van der Waals surface area contributed by atoms with Gasteiger partial charge in [0.05, 0.1) is 19.8 Å². The molecule has 0 aliphatic heterocycles. The van der Waals surface area contributed by atoms with Gasteiger partial charge in [0.1, 0.15) is 11.5 Å². The van der Waals surface area contributed by atoms with Gasteiger partial charge in [0.15, 0.2) is 0 Å². The molecule has 0 heterocycles. The van der Waals surface area contributed by atoms with Crippen molar-refractivity contribution in [2.75, 3.05) is 19.5 Å². The van der Waals surface area contributed by atoms with E-state index in [-0.39, 0.29) is 11.9 Å². The zero-order chi connectivity index (χ0) is 22.1. The Kier molecular flexibility index (Phi) is 8.42. The van der Waals surface area contributed by atoms with E-state index < -0.39 is 0 Å². The Morgan fingerprint density at radius 3 is 2.42 bits per heavy atom. The van der Waals surface area contributed by atoms with Crippen molar-refractivity contribution in [2.45, 2.75) is 31.2 Å². The van der Waals surface area contributed by atoms with E-state index in [9.17, 15) is 4.79 Å². The van der Waals surface area contributed by atoms with Crippen LogP contribution in [0.25, 0.3) is 0 Å². The summed E-state index contributed by atoms with van der Waals surface area (Å²) in [5, 5.41) is 3.13. The summed E-state index contributed by atoms with van der Waals surface area (Å²) in [5.41, 5.74) is 2.75. The lowest BCUT2D eigenvalue weighted by Gasteiger charge is -2.19. The van der Waals surface area contributed by atoms with Crippen molar-refractivity contribution >= 4 is 17.7 Å². The lowest BCUT2D eigenvalue weighted by Crippen LogP contribution is -2.28. The molecule has 31 heavy (non-hydrogen) atoms. The van der Waals surface area contributed by atoms with Crippen molar-refractivity contribution in [3.8, 4) is 11.5 Å². The Morgan fingerprint density at radius 1 is 1.03 bits per heavy atom. The molecule has 0 saturated carbocycles. The first-order valence-corrected chi connectivity index (χ1v) is 11.5. The SMILES string of the molecule is CC[C@@H](NC(=O)c1ccc(OCCSc2ccccc2)cc1)c1ccc(OC)c(C)c1. The van der Waals surface area contributed by atoms with Gasteiger partial charge in [-0.1, -0.05) is 37.3 Å². The van der Waals surface area contributed by atoms with Gasteiger partial charge in [-0.2, -0.15) is 0 Å². The van der Waals surface area contributed by atoms with Crippen molar-refractivity contribution in [3.05, 3.63) is 89.5 Å². The number of ether oxygens (including phenoxy) is 2. The second kappa shape index (κ2) is 11.5. The van der Waals surface area contributed by atoms with E-state index in [0.29, 0.717) is 12.2 Å². The smallest absolute Gasteiger partial charge is 0.251 e. The number of carbonyl (C=O) groups is 1. The highest BCUT2D eigenvalue weighted by atomic mass is 32.2. The van der Waals surface area contributed by atoms with Gasteiger partial charge in [-0.05, 0) is 66.9 Å². The van der Waals surface area contributed by atoms with Gasteiger partial charge in [0.2, 0.25) is 0 Å². The third kappa shape index (κ3) is 6.53. The third-order valence-electron chi connectivity index (χ3n) is 5.02. The predicted molar refractivity (Wildman–Crippen MR) is 127 cm³/mol. The van der Waals surface area contributed by atoms with Crippen molar-refractivity contribution in [1.82, 2.24) is 5.32 Å². The van der Waals surface area contributed by atoms with E-state index in [2.05, 4.69) is 30.4 Å². The summed E-state index contributed by atoms with van der Waals surface area (Å²) in [7, 11) is 1.66. The average molecular weight is 436 g/mol. The van der Waals surface area contributed by atoms with E-state index >= 15 is 0 Å².